The minimum atomic E-state index is 0.317. The molecule has 1 unspecified atom stereocenters. The molecule has 0 spiro atoms. The molecule has 6 aromatic carbocycles. The van der Waals surface area contributed by atoms with Crippen LogP contribution in [0.1, 0.15) is 56.3 Å². The maximum Gasteiger partial charge on any atom is 0.124 e. The van der Waals surface area contributed by atoms with Gasteiger partial charge in [0, 0.05) is 12.1 Å². The zero-order chi connectivity index (χ0) is 32.9. The second kappa shape index (κ2) is 10.8. The van der Waals surface area contributed by atoms with Gasteiger partial charge in [-0.15, -0.1) is 0 Å². The number of fused-ring (bicyclic) bond motifs is 5. The van der Waals surface area contributed by atoms with E-state index in [9.17, 15) is 0 Å². The monoisotopic (exact) mass is 650 g/mol. The number of aromatic amines is 2. The molecule has 3 aliphatic rings. The Labute approximate surface area is 290 Å². The highest BCUT2D eigenvalue weighted by atomic mass is 15.1. The number of benzene rings is 6. The van der Waals surface area contributed by atoms with Crippen LogP contribution in [0.3, 0.4) is 0 Å². The Morgan fingerprint density at radius 3 is 1.38 bits per heavy atom. The smallest absolute Gasteiger partial charge is 0.124 e. The van der Waals surface area contributed by atoms with Crippen molar-refractivity contribution in [3.05, 3.63) is 121 Å². The van der Waals surface area contributed by atoms with Crippen molar-refractivity contribution in [2.45, 2.75) is 56.8 Å². The lowest BCUT2D eigenvalue weighted by atomic mass is 9.95. The third kappa shape index (κ3) is 4.85. The number of hydrogen-bond acceptors (Lipinski definition) is 4. The highest BCUT2D eigenvalue weighted by Crippen LogP contribution is 2.45. The minimum absolute atomic E-state index is 0.317. The normalized spacial score (nSPS) is 23.0. The number of piperidine rings is 1. The van der Waals surface area contributed by atoms with Crippen LogP contribution in [0.4, 0.5) is 0 Å². The van der Waals surface area contributed by atoms with E-state index in [4.69, 9.17) is 9.97 Å². The van der Waals surface area contributed by atoms with Crippen LogP contribution in [0, 0.1) is 5.92 Å². The fraction of sp³-hybridized carbons (Fsp3) is 0.227. The minimum Gasteiger partial charge on any atom is -0.341 e. The molecule has 2 saturated heterocycles. The summed E-state index contributed by atoms with van der Waals surface area (Å²) in [7, 11) is 0. The lowest BCUT2D eigenvalue weighted by Gasteiger charge is -2.09. The average molecular weight is 651 g/mol. The fourth-order valence-electron chi connectivity index (χ4n) is 8.63. The first kappa shape index (κ1) is 28.5. The van der Waals surface area contributed by atoms with Gasteiger partial charge in [0.05, 0.1) is 34.2 Å². The summed E-state index contributed by atoms with van der Waals surface area (Å²) in [5, 5.41) is 12.3. The van der Waals surface area contributed by atoms with Crippen molar-refractivity contribution >= 4 is 43.6 Å². The molecule has 0 bridgehead atoms. The average Bonchev–Trinajstić information content (AvgIpc) is 3.64. The van der Waals surface area contributed by atoms with Crippen LogP contribution in [0.5, 0.6) is 0 Å². The molecule has 0 amide bonds. The van der Waals surface area contributed by atoms with Gasteiger partial charge in [-0.25, -0.2) is 9.97 Å². The molecule has 4 heterocycles. The van der Waals surface area contributed by atoms with Gasteiger partial charge in [-0.3, -0.25) is 0 Å². The van der Waals surface area contributed by atoms with Crippen molar-refractivity contribution in [3.63, 3.8) is 0 Å². The summed E-state index contributed by atoms with van der Waals surface area (Å²) in [6.07, 6.45) is 4.86. The van der Waals surface area contributed by atoms with E-state index in [1.54, 1.807) is 0 Å². The quantitative estimate of drug-likeness (QED) is 0.149. The summed E-state index contributed by atoms with van der Waals surface area (Å²) in [5.74, 6) is 2.98. The first-order valence-electron chi connectivity index (χ1n) is 18.2. The molecule has 50 heavy (non-hydrogen) atoms. The third-order valence-corrected chi connectivity index (χ3v) is 11.6. The van der Waals surface area contributed by atoms with Gasteiger partial charge < -0.3 is 20.6 Å². The lowest BCUT2D eigenvalue weighted by Crippen LogP contribution is -2.21. The van der Waals surface area contributed by atoms with Gasteiger partial charge in [0.1, 0.15) is 11.6 Å². The van der Waals surface area contributed by atoms with Crippen LogP contribution in [0.15, 0.2) is 109 Å². The van der Waals surface area contributed by atoms with E-state index in [0.717, 1.165) is 46.1 Å². The van der Waals surface area contributed by atoms with E-state index < -0.39 is 0 Å². The SMILES string of the molecule is C[C@@H]1CC[C@@H](c2nc3ccc(-c4ccc5cc(-c6ccc7cc(-c8ccc9nc([C@@H]%10C[C@H]%11CC%11N%10)[nH]c9c8)ccc7c6)ccc5c4)cc3[nH]2)N1. The summed E-state index contributed by atoms with van der Waals surface area (Å²) >= 11 is 0. The van der Waals surface area contributed by atoms with E-state index >= 15 is 0 Å². The maximum absolute atomic E-state index is 4.91. The van der Waals surface area contributed by atoms with Crippen molar-refractivity contribution in [2.75, 3.05) is 0 Å². The molecule has 2 aromatic heterocycles. The first-order chi connectivity index (χ1) is 24.6. The number of nitrogens with one attached hydrogen (secondary N) is 4. The van der Waals surface area contributed by atoms with Gasteiger partial charge >= 0.3 is 0 Å². The summed E-state index contributed by atoms with van der Waals surface area (Å²) in [6, 6.07) is 42.3. The zero-order valence-electron chi connectivity index (χ0n) is 28.0. The molecule has 2 aliphatic heterocycles. The van der Waals surface area contributed by atoms with Crippen LogP contribution in [-0.2, 0) is 0 Å². The largest absolute Gasteiger partial charge is 0.341 e. The number of H-pyrrole nitrogens is 2. The number of aromatic nitrogens is 4. The Hall–Kier alpha value is -5.30. The molecule has 0 radical (unpaired) electrons. The van der Waals surface area contributed by atoms with E-state index in [1.807, 2.05) is 0 Å². The molecule has 1 saturated carbocycles. The number of imidazole rings is 2. The molecule has 3 fully saturated rings. The number of nitrogens with zero attached hydrogens (tertiary/aromatic N) is 2. The summed E-state index contributed by atoms with van der Waals surface area (Å²) < 4.78 is 0. The number of hydrogen-bond donors (Lipinski definition) is 4. The molecule has 11 rings (SSSR count). The summed E-state index contributed by atoms with van der Waals surface area (Å²) in [4.78, 5) is 17.0. The van der Waals surface area contributed by atoms with Crippen molar-refractivity contribution in [1.82, 2.24) is 30.6 Å². The molecule has 1 aliphatic carbocycles. The van der Waals surface area contributed by atoms with Crippen LogP contribution in [0.2, 0.25) is 0 Å². The fourth-order valence-corrected chi connectivity index (χ4v) is 8.63. The molecule has 6 nitrogen and oxygen atoms in total. The second-order valence-corrected chi connectivity index (χ2v) is 15.0. The molecular weight excluding hydrogens is 613 g/mol. The number of rotatable bonds is 5. The van der Waals surface area contributed by atoms with Crippen molar-refractivity contribution in [3.8, 4) is 33.4 Å². The van der Waals surface area contributed by atoms with Crippen molar-refractivity contribution in [1.29, 1.82) is 0 Å². The Kier molecular flexibility index (Phi) is 6.19. The van der Waals surface area contributed by atoms with Gasteiger partial charge in [-0.05, 0) is 142 Å². The van der Waals surface area contributed by atoms with Crippen LogP contribution < -0.4 is 10.6 Å². The molecule has 8 aromatic rings. The lowest BCUT2D eigenvalue weighted by molar-refractivity contribution is 0.544. The van der Waals surface area contributed by atoms with Gasteiger partial charge in [0.2, 0.25) is 0 Å². The molecule has 6 heteroatoms. The first-order valence-corrected chi connectivity index (χ1v) is 18.2. The highest BCUT2D eigenvalue weighted by molar-refractivity contribution is 5.95. The molecule has 5 atom stereocenters. The summed E-state index contributed by atoms with van der Waals surface area (Å²) in [5.41, 5.74) is 11.6. The standard InChI is InChI=1S/C44H38N6/c1-24-2-13-38(45-24)43-47-36-14-11-33(20-40(36)49-43)31-9-7-27-16-25(3-5-29(27)18-31)26-4-6-30-19-32(10-8-28(30)17-26)34-12-15-37-41(21-34)50-44(48-37)42-23-35-22-39(35)46-42/h3-12,14-21,24,35,38-39,42,45-46H,2,13,22-23H2,1H3,(H,47,49)(H,48,50)/t24-,35-,38+,39?,42+/m1/s1. The Morgan fingerprint density at radius 1 is 0.480 bits per heavy atom. The predicted molar refractivity (Wildman–Crippen MR) is 204 cm³/mol. The van der Waals surface area contributed by atoms with Crippen molar-refractivity contribution < 1.29 is 0 Å². The van der Waals surface area contributed by atoms with Gasteiger partial charge in [-0.2, -0.15) is 0 Å². The van der Waals surface area contributed by atoms with Gasteiger partial charge in [-0.1, -0.05) is 60.7 Å². The molecule has 4 N–H and O–H groups in total. The third-order valence-electron chi connectivity index (χ3n) is 11.6. The molecular formula is C44H38N6. The molecule has 244 valence electrons. The Balaban J connectivity index is 0.847. The van der Waals surface area contributed by atoms with Gasteiger partial charge in [0.25, 0.3) is 0 Å². The van der Waals surface area contributed by atoms with Crippen LogP contribution >= 0.6 is 0 Å². The Bertz CT molecular complexity index is 2450. The van der Waals surface area contributed by atoms with E-state index in [2.05, 4.69) is 137 Å². The highest BCUT2D eigenvalue weighted by Gasteiger charge is 2.46. The van der Waals surface area contributed by atoms with Crippen LogP contribution in [0.25, 0.3) is 77.0 Å². The van der Waals surface area contributed by atoms with Crippen molar-refractivity contribution in [2.24, 2.45) is 5.92 Å². The summed E-state index contributed by atoms with van der Waals surface area (Å²) in [6.45, 7) is 2.25. The Morgan fingerprint density at radius 2 is 0.940 bits per heavy atom. The van der Waals surface area contributed by atoms with Gasteiger partial charge in [0.15, 0.2) is 0 Å². The zero-order valence-corrected chi connectivity index (χ0v) is 28.0. The predicted octanol–water partition coefficient (Wildman–Crippen LogP) is 9.98. The van der Waals surface area contributed by atoms with Crippen LogP contribution in [-0.4, -0.2) is 32.0 Å². The topological polar surface area (TPSA) is 81.4 Å². The van der Waals surface area contributed by atoms with E-state index in [-0.39, 0.29) is 0 Å². The van der Waals surface area contributed by atoms with E-state index in [0.29, 0.717) is 24.2 Å². The second-order valence-electron chi connectivity index (χ2n) is 15.0. The maximum atomic E-state index is 4.91. The van der Waals surface area contributed by atoms with E-state index in [1.165, 1.54) is 74.2 Å².